The molecule has 0 bridgehead atoms. The van der Waals surface area contributed by atoms with Crippen molar-refractivity contribution in [1.82, 2.24) is 9.97 Å². The van der Waals surface area contributed by atoms with Crippen LogP contribution in [0.25, 0.3) is 0 Å². The molecule has 4 nitrogen and oxygen atoms in total. The standard InChI is InChI=1S/C11H18N4S2/c1-4-8(6-17-3)14-11-13-7(2)5-9(15-11)10(12)16/h5,8H,4,6H2,1-3H3,(H2,12,16)(H,13,14,15). The minimum Gasteiger partial charge on any atom is -0.388 e. The molecule has 0 saturated heterocycles. The second-order valence-corrected chi connectivity index (χ2v) is 5.14. The average molecular weight is 270 g/mol. The normalized spacial score (nSPS) is 12.2. The third-order valence-corrected chi connectivity index (χ3v) is 3.25. The lowest BCUT2D eigenvalue weighted by atomic mass is 10.2. The lowest BCUT2D eigenvalue weighted by Gasteiger charge is -2.16. The summed E-state index contributed by atoms with van der Waals surface area (Å²) < 4.78 is 0. The monoisotopic (exact) mass is 270 g/mol. The van der Waals surface area contributed by atoms with Crippen LogP contribution < -0.4 is 11.1 Å². The molecule has 0 aliphatic heterocycles. The van der Waals surface area contributed by atoms with E-state index >= 15 is 0 Å². The smallest absolute Gasteiger partial charge is 0.223 e. The highest BCUT2D eigenvalue weighted by Crippen LogP contribution is 2.10. The van der Waals surface area contributed by atoms with Crippen LogP contribution in [-0.2, 0) is 0 Å². The van der Waals surface area contributed by atoms with Crippen molar-refractivity contribution in [2.24, 2.45) is 5.73 Å². The maximum Gasteiger partial charge on any atom is 0.223 e. The Morgan fingerprint density at radius 1 is 1.59 bits per heavy atom. The van der Waals surface area contributed by atoms with E-state index in [-0.39, 0.29) is 0 Å². The molecule has 0 aromatic carbocycles. The van der Waals surface area contributed by atoms with Crippen LogP contribution in [0.2, 0.25) is 0 Å². The zero-order valence-corrected chi connectivity index (χ0v) is 12.0. The molecule has 1 atom stereocenters. The Kier molecular flexibility index (Phi) is 5.64. The van der Waals surface area contributed by atoms with Gasteiger partial charge in [-0.15, -0.1) is 0 Å². The summed E-state index contributed by atoms with van der Waals surface area (Å²) in [6, 6.07) is 2.16. The van der Waals surface area contributed by atoms with Gasteiger partial charge in [0.1, 0.15) is 10.7 Å². The van der Waals surface area contributed by atoms with Crippen LogP contribution in [0.1, 0.15) is 24.7 Å². The zero-order chi connectivity index (χ0) is 12.8. The van der Waals surface area contributed by atoms with Gasteiger partial charge in [-0.2, -0.15) is 11.8 Å². The van der Waals surface area contributed by atoms with Crippen molar-refractivity contribution in [3.05, 3.63) is 17.5 Å². The molecule has 6 heteroatoms. The number of hydrogen-bond acceptors (Lipinski definition) is 5. The lowest BCUT2D eigenvalue weighted by Crippen LogP contribution is -2.24. The third-order valence-electron chi connectivity index (χ3n) is 2.30. The van der Waals surface area contributed by atoms with Crippen molar-refractivity contribution in [3.8, 4) is 0 Å². The van der Waals surface area contributed by atoms with Gasteiger partial charge in [0, 0.05) is 17.5 Å². The molecule has 1 rings (SSSR count). The van der Waals surface area contributed by atoms with E-state index in [0.717, 1.165) is 17.9 Å². The molecule has 0 aliphatic carbocycles. The highest BCUT2D eigenvalue weighted by atomic mass is 32.2. The van der Waals surface area contributed by atoms with Crippen molar-refractivity contribution in [2.75, 3.05) is 17.3 Å². The van der Waals surface area contributed by atoms with Crippen molar-refractivity contribution in [1.29, 1.82) is 0 Å². The first-order valence-electron chi connectivity index (χ1n) is 5.47. The van der Waals surface area contributed by atoms with Gasteiger partial charge in [-0.05, 0) is 25.7 Å². The fourth-order valence-electron chi connectivity index (χ4n) is 1.40. The lowest BCUT2D eigenvalue weighted by molar-refractivity contribution is 0.761. The average Bonchev–Trinajstić information content (AvgIpc) is 2.27. The molecule has 0 aliphatic rings. The molecule has 1 aromatic heterocycles. The molecule has 1 aromatic rings. The predicted molar refractivity (Wildman–Crippen MR) is 78.7 cm³/mol. The molecule has 3 N–H and O–H groups in total. The van der Waals surface area contributed by atoms with Gasteiger partial charge in [-0.1, -0.05) is 19.1 Å². The molecule has 0 fully saturated rings. The van der Waals surface area contributed by atoms with E-state index in [2.05, 4.69) is 28.5 Å². The Morgan fingerprint density at radius 3 is 2.82 bits per heavy atom. The summed E-state index contributed by atoms with van der Waals surface area (Å²) in [5, 5.41) is 3.31. The molecule has 0 amide bonds. The van der Waals surface area contributed by atoms with Gasteiger partial charge in [-0.25, -0.2) is 9.97 Å². The van der Waals surface area contributed by atoms with E-state index in [0.29, 0.717) is 22.7 Å². The summed E-state index contributed by atoms with van der Waals surface area (Å²) in [5.41, 5.74) is 7.07. The Hall–Kier alpha value is -0.880. The Balaban J connectivity index is 2.86. The van der Waals surface area contributed by atoms with E-state index in [1.54, 1.807) is 17.8 Å². The summed E-state index contributed by atoms with van der Waals surface area (Å²) in [6.45, 7) is 4.04. The topological polar surface area (TPSA) is 63.8 Å². The SMILES string of the molecule is CCC(CSC)Nc1nc(C)cc(C(N)=S)n1. The Morgan fingerprint density at radius 2 is 2.29 bits per heavy atom. The number of aryl methyl sites for hydroxylation is 1. The fourth-order valence-corrected chi connectivity index (χ4v) is 2.23. The number of thiocarbonyl (C=S) groups is 1. The molecule has 0 radical (unpaired) electrons. The summed E-state index contributed by atoms with van der Waals surface area (Å²) in [6.07, 6.45) is 3.11. The first-order chi connectivity index (χ1) is 8.06. The van der Waals surface area contributed by atoms with Crippen molar-refractivity contribution in [2.45, 2.75) is 26.3 Å². The van der Waals surface area contributed by atoms with Crippen LogP contribution in [0.4, 0.5) is 5.95 Å². The number of anilines is 1. The van der Waals surface area contributed by atoms with Gasteiger partial charge >= 0.3 is 0 Å². The first-order valence-corrected chi connectivity index (χ1v) is 7.28. The predicted octanol–water partition coefficient (Wildman–Crippen LogP) is 1.97. The van der Waals surface area contributed by atoms with E-state index in [9.17, 15) is 0 Å². The number of nitrogens with one attached hydrogen (secondary N) is 1. The highest BCUT2D eigenvalue weighted by molar-refractivity contribution is 7.98. The number of nitrogens with two attached hydrogens (primary N) is 1. The van der Waals surface area contributed by atoms with Gasteiger partial charge in [0.05, 0.1) is 0 Å². The van der Waals surface area contributed by atoms with Gasteiger partial charge in [-0.3, -0.25) is 0 Å². The number of nitrogens with zero attached hydrogens (tertiary/aromatic N) is 2. The molecular weight excluding hydrogens is 252 g/mol. The largest absolute Gasteiger partial charge is 0.388 e. The van der Waals surface area contributed by atoms with E-state index in [1.165, 1.54) is 0 Å². The molecule has 17 heavy (non-hydrogen) atoms. The van der Waals surface area contributed by atoms with E-state index in [1.807, 2.05) is 6.92 Å². The zero-order valence-electron chi connectivity index (χ0n) is 10.4. The quantitative estimate of drug-likeness (QED) is 0.771. The molecule has 0 spiro atoms. The van der Waals surface area contributed by atoms with Crippen molar-refractivity contribution in [3.63, 3.8) is 0 Å². The second kappa shape index (κ2) is 6.76. The minimum atomic E-state index is 0.302. The van der Waals surface area contributed by atoms with Crippen molar-refractivity contribution >= 4 is 34.9 Å². The molecule has 1 heterocycles. The minimum absolute atomic E-state index is 0.302. The second-order valence-electron chi connectivity index (χ2n) is 3.79. The van der Waals surface area contributed by atoms with Crippen LogP contribution in [0, 0.1) is 6.92 Å². The van der Waals surface area contributed by atoms with Crippen LogP contribution >= 0.6 is 24.0 Å². The molecule has 0 saturated carbocycles. The van der Waals surface area contributed by atoms with Crippen LogP contribution in [-0.4, -0.2) is 33.0 Å². The third kappa shape index (κ3) is 4.47. The number of hydrogen-bond donors (Lipinski definition) is 2. The van der Waals surface area contributed by atoms with Gasteiger partial charge in [0.25, 0.3) is 0 Å². The van der Waals surface area contributed by atoms with Crippen LogP contribution in [0.3, 0.4) is 0 Å². The fraction of sp³-hybridized carbons (Fsp3) is 0.545. The summed E-state index contributed by atoms with van der Waals surface area (Å²) in [5.74, 6) is 1.63. The summed E-state index contributed by atoms with van der Waals surface area (Å²) >= 11 is 6.73. The maximum absolute atomic E-state index is 5.58. The van der Waals surface area contributed by atoms with Crippen LogP contribution in [0.5, 0.6) is 0 Å². The summed E-state index contributed by atoms with van der Waals surface area (Å²) in [4.78, 5) is 8.95. The van der Waals surface area contributed by atoms with Gasteiger partial charge in [0.2, 0.25) is 5.95 Å². The first kappa shape index (κ1) is 14.2. The number of aromatic nitrogens is 2. The van der Waals surface area contributed by atoms with Crippen molar-refractivity contribution < 1.29 is 0 Å². The Bertz CT molecular complexity index is 395. The van der Waals surface area contributed by atoms with E-state index in [4.69, 9.17) is 18.0 Å². The van der Waals surface area contributed by atoms with E-state index < -0.39 is 0 Å². The molecule has 1 unspecified atom stereocenters. The van der Waals surface area contributed by atoms with Crippen LogP contribution in [0.15, 0.2) is 6.07 Å². The maximum atomic E-state index is 5.58. The molecule has 94 valence electrons. The summed E-state index contributed by atoms with van der Waals surface area (Å²) in [7, 11) is 0. The number of thioether (sulfide) groups is 1. The van der Waals surface area contributed by atoms with Gasteiger partial charge in [0.15, 0.2) is 0 Å². The Labute approximate surface area is 112 Å². The number of rotatable bonds is 6. The molecular formula is C11H18N4S2. The van der Waals surface area contributed by atoms with Gasteiger partial charge < -0.3 is 11.1 Å². The highest BCUT2D eigenvalue weighted by Gasteiger charge is 2.09.